The first-order valence-electron chi connectivity index (χ1n) is 5.88. The second-order valence-corrected chi connectivity index (χ2v) is 4.90. The summed E-state index contributed by atoms with van der Waals surface area (Å²) in [5.74, 6) is -1.35. The molecule has 1 aliphatic rings. The van der Waals surface area contributed by atoms with Gasteiger partial charge in [0.25, 0.3) is 0 Å². The lowest BCUT2D eigenvalue weighted by Crippen LogP contribution is -2.34. The Kier molecular flexibility index (Phi) is 3.90. The lowest BCUT2D eigenvalue weighted by Gasteiger charge is -2.17. The SMILES string of the molecule is Cc1c(Cl)cncc1NC(=O)N1CCC(C(=O)O)C1. The fourth-order valence-corrected chi connectivity index (χ4v) is 2.12. The largest absolute Gasteiger partial charge is 0.481 e. The van der Waals surface area contributed by atoms with E-state index in [2.05, 4.69) is 10.3 Å². The molecule has 0 radical (unpaired) electrons. The topological polar surface area (TPSA) is 82.5 Å². The van der Waals surface area contributed by atoms with Crippen LogP contribution in [0.5, 0.6) is 0 Å². The number of halogens is 1. The van der Waals surface area contributed by atoms with Crippen LogP contribution in [0, 0.1) is 12.8 Å². The molecule has 19 heavy (non-hydrogen) atoms. The van der Waals surface area contributed by atoms with Crippen molar-refractivity contribution in [3.05, 3.63) is 23.0 Å². The molecule has 1 aromatic rings. The lowest BCUT2D eigenvalue weighted by molar-refractivity contribution is -0.141. The number of amides is 2. The summed E-state index contributed by atoms with van der Waals surface area (Å²) < 4.78 is 0. The minimum Gasteiger partial charge on any atom is -0.481 e. The van der Waals surface area contributed by atoms with Crippen LogP contribution in [0.4, 0.5) is 10.5 Å². The van der Waals surface area contributed by atoms with Gasteiger partial charge in [-0.25, -0.2) is 4.79 Å². The van der Waals surface area contributed by atoms with Crippen LogP contribution in [0.15, 0.2) is 12.4 Å². The minimum absolute atomic E-state index is 0.230. The van der Waals surface area contributed by atoms with E-state index in [1.807, 2.05) is 0 Å². The Bertz CT molecular complexity index is 521. The van der Waals surface area contributed by atoms with E-state index in [0.29, 0.717) is 23.7 Å². The highest BCUT2D eigenvalue weighted by molar-refractivity contribution is 6.31. The fourth-order valence-electron chi connectivity index (χ4n) is 1.97. The number of pyridine rings is 1. The third-order valence-electron chi connectivity index (χ3n) is 3.22. The first kappa shape index (κ1) is 13.6. The zero-order valence-electron chi connectivity index (χ0n) is 10.4. The van der Waals surface area contributed by atoms with Gasteiger partial charge in [-0.1, -0.05) is 11.6 Å². The number of aliphatic carboxylic acids is 1. The highest BCUT2D eigenvalue weighted by Gasteiger charge is 2.31. The first-order valence-corrected chi connectivity index (χ1v) is 6.25. The molecule has 1 fully saturated rings. The fraction of sp³-hybridized carbons (Fsp3) is 0.417. The van der Waals surface area contributed by atoms with E-state index in [1.165, 1.54) is 17.3 Å². The van der Waals surface area contributed by atoms with E-state index in [4.69, 9.17) is 16.7 Å². The highest BCUT2D eigenvalue weighted by atomic mass is 35.5. The molecule has 1 aliphatic heterocycles. The maximum absolute atomic E-state index is 12.0. The van der Waals surface area contributed by atoms with Crippen LogP contribution in [0.2, 0.25) is 5.02 Å². The van der Waals surface area contributed by atoms with Crippen molar-refractivity contribution in [2.24, 2.45) is 5.92 Å². The van der Waals surface area contributed by atoms with Crippen molar-refractivity contribution in [3.8, 4) is 0 Å². The molecule has 102 valence electrons. The van der Waals surface area contributed by atoms with Gasteiger partial charge in [0.15, 0.2) is 0 Å². The molecule has 6 nitrogen and oxygen atoms in total. The Labute approximate surface area is 115 Å². The molecule has 7 heteroatoms. The number of hydrogen-bond acceptors (Lipinski definition) is 3. The Morgan fingerprint density at radius 2 is 2.26 bits per heavy atom. The normalized spacial score (nSPS) is 18.4. The standard InChI is InChI=1S/C12H14ClN3O3/c1-7-9(13)4-14-5-10(7)15-12(19)16-3-2-8(6-16)11(17)18/h4-5,8H,2-3,6H2,1H3,(H,15,19)(H,17,18). The summed E-state index contributed by atoms with van der Waals surface area (Å²) in [6, 6.07) is -0.323. The van der Waals surface area contributed by atoms with Crippen molar-refractivity contribution in [2.75, 3.05) is 18.4 Å². The molecule has 1 saturated heterocycles. The number of nitrogens with one attached hydrogen (secondary N) is 1. The Balaban J connectivity index is 2.02. The Morgan fingerprint density at radius 1 is 1.53 bits per heavy atom. The number of urea groups is 1. The van der Waals surface area contributed by atoms with Crippen molar-refractivity contribution >= 4 is 29.3 Å². The third-order valence-corrected chi connectivity index (χ3v) is 3.60. The van der Waals surface area contributed by atoms with E-state index in [0.717, 1.165) is 5.56 Å². The van der Waals surface area contributed by atoms with Crippen molar-refractivity contribution < 1.29 is 14.7 Å². The number of nitrogens with zero attached hydrogens (tertiary/aromatic N) is 2. The summed E-state index contributed by atoms with van der Waals surface area (Å²) >= 11 is 5.92. The van der Waals surface area contributed by atoms with Gasteiger partial charge in [-0.2, -0.15) is 0 Å². The van der Waals surface area contributed by atoms with Crippen LogP contribution in [-0.4, -0.2) is 40.1 Å². The van der Waals surface area contributed by atoms with Crippen molar-refractivity contribution in [1.29, 1.82) is 0 Å². The summed E-state index contributed by atoms with van der Waals surface area (Å²) in [4.78, 5) is 28.2. The monoisotopic (exact) mass is 283 g/mol. The van der Waals surface area contributed by atoms with Crippen LogP contribution in [0.1, 0.15) is 12.0 Å². The molecule has 2 N–H and O–H groups in total. The molecule has 2 amide bonds. The van der Waals surface area contributed by atoms with Crippen molar-refractivity contribution in [2.45, 2.75) is 13.3 Å². The van der Waals surface area contributed by atoms with Gasteiger partial charge in [-0.3, -0.25) is 9.78 Å². The summed E-state index contributed by atoms with van der Waals surface area (Å²) in [5.41, 5.74) is 1.27. The number of rotatable bonds is 2. The summed E-state index contributed by atoms with van der Waals surface area (Å²) in [6.45, 7) is 2.45. The molecular weight excluding hydrogens is 270 g/mol. The number of hydrogen-bond donors (Lipinski definition) is 2. The molecule has 0 aliphatic carbocycles. The molecule has 2 heterocycles. The number of anilines is 1. The van der Waals surface area contributed by atoms with Crippen LogP contribution in [0.25, 0.3) is 0 Å². The summed E-state index contributed by atoms with van der Waals surface area (Å²) in [6.07, 6.45) is 3.50. The molecular formula is C12H14ClN3O3. The predicted octanol–water partition coefficient (Wildman–Crippen LogP) is 1.98. The molecule has 1 unspecified atom stereocenters. The van der Waals surface area contributed by atoms with Gasteiger partial charge in [0, 0.05) is 19.3 Å². The van der Waals surface area contributed by atoms with E-state index in [1.54, 1.807) is 6.92 Å². The number of carbonyl (C=O) groups is 2. The molecule has 0 saturated carbocycles. The Morgan fingerprint density at radius 3 is 2.89 bits per heavy atom. The summed E-state index contributed by atoms with van der Waals surface area (Å²) in [7, 11) is 0. The molecule has 2 rings (SSSR count). The van der Waals surface area contributed by atoms with Crippen LogP contribution >= 0.6 is 11.6 Å². The van der Waals surface area contributed by atoms with Gasteiger partial charge >= 0.3 is 12.0 Å². The quantitative estimate of drug-likeness (QED) is 0.869. The van der Waals surface area contributed by atoms with Crippen LogP contribution in [0.3, 0.4) is 0 Å². The van der Waals surface area contributed by atoms with E-state index in [9.17, 15) is 9.59 Å². The van der Waals surface area contributed by atoms with Gasteiger partial charge in [-0.15, -0.1) is 0 Å². The highest BCUT2D eigenvalue weighted by Crippen LogP contribution is 2.23. The van der Waals surface area contributed by atoms with Gasteiger partial charge in [0.05, 0.1) is 22.8 Å². The van der Waals surface area contributed by atoms with Gasteiger partial charge < -0.3 is 15.3 Å². The smallest absolute Gasteiger partial charge is 0.321 e. The third kappa shape index (κ3) is 2.96. The zero-order chi connectivity index (χ0) is 14.0. The maximum atomic E-state index is 12.0. The predicted molar refractivity (Wildman–Crippen MR) is 70.3 cm³/mol. The van der Waals surface area contributed by atoms with Crippen LogP contribution in [-0.2, 0) is 4.79 Å². The van der Waals surface area contributed by atoms with Gasteiger partial charge in [-0.05, 0) is 18.9 Å². The van der Waals surface area contributed by atoms with E-state index >= 15 is 0 Å². The number of aromatic nitrogens is 1. The van der Waals surface area contributed by atoms with E-state index < -0.39 is 11.9 Å². The average Bonchev–Trinajstić information content (AvgIpc) is 2.84. The second kappa shape index (κ2) is 5.44. The van der Waals surface area contributed by atoms with Crippen LogP contribution < -0.4 is 5.32 Å². The molecule has 1 atom stereocenters. The summed E-state index contributed by atoms with van der Waals surface area (Å²) in [5, 5.41) is 12.1. The van der Waals surface area contributed by atoms with Crippen molar-refractivity contribution in [3.63, 3.8) is 0 Å². The molecule has 0 aromatic carbocycles. The number of likely N-dealkylation sites (tertiary alicyclic amines) is 1. The number of carbonyl (C=O) groups excluding carboxylic acids is 1. The van der Waals surface area contributed by atoms with E-state index in [-0.39, 0.29) is 12.6 Å². The Hall–Kier alpha value is -1.82. The number of carboxylic acid groups (broad SMARTS) is 1. The molecule has 0 bridgehead atoms. The van der Waals surface area contributed by atoms with Crippen molar-refractivity contribution in [1.82, 2.24) is 9.88 Å². The van der Waals surface area contributed by atoms with Gasteiger partial charge in [0.1, 0.15) is 0 Å². The second-order valence-electron chi connectivity index (χ2n) is 4.49. The first-order chi connectivity index (χ1) is 8.99. The van der Waals surface area contributed by atoms with Gasteiger partial charge in [0.2, 0.25) is 0 Å². The minimum atomic E-state index is -0.865. The zero-order valence-corrected chi connectivity index (χ0v) is 11.1. The maximum Gasteiger partial charge on any atom is 0.321 e. The lowest BCUT2D eigenvalue weighted by atomic mass is 10.1. The average molecular weight is 284 g/mol. The molecule has 1 aromatic heterocycles. The molecule has 0 spiro atoms. The number of carboxylic acids is 1.